The molecular formula is C12H13ClN2O. The van der Waals surface area contributed by atoms with Gasteiger partial charge in [-0.05, 0) is 30.7 Å². The van der Waals surface area contributed by atoms with Gasteiger partial charge in [-0.2, -0.15) is 5.10 Å². The number of aryl methyl sites for hydroxylation is 1. The quantitative estimate of drug-likeness (QED) is 0.816. The van der Waals surface area contributed by atoms with Gasteiger partial charge in [0.25, 0.3) is 0 Å². The number of hydrogen-bond donors (Lipinski definition) is 0. The van der Waals surface area contributed by atoms with Gasteiger partial charge in [0, 0.05) is 17.4 Å². The van der Waals surface area contributed by atoms with Crippen LogP contribution in [0.4, 0.5) is 0 Å². The van der Waals surface area contributed by atoms with Crippen LogP contribution in [0.25, 0.3) is 0 Å². The topological polar surface area (TPSA) is 27.1 Å². The second kappa shape index (κ2) is 5.03. The van der Waals surface area contributed by atoms with Gasteiger partial charge in [0.2, 0.25) is 0 Å². The second-order valence-corrected chi connectivity index (χ2v) is 3.96. The highest BCUT2D eigenvalue weighted by Gasteiger charge is 2.00. The number of ether oxygens (including phenoxy) is 1. The van der Waals surface area contributed by atoms with Crippen molar-refractivity contribution in [3.8, 4) is 5.75 Å². The molecule has 0 radical (unpaired) electrons. The lowest BCUT2D eigenvalue weighted by atomic mass is 10.2. The second-order valence-electron chi connectivity index (χ2n) is 3.53. The number of benzene rings is 1. The standard InChI is InChI=1S/C12H13ClN2O/c1-10-3-4-11(13)9-12(10)16-8-7-15-6-2-5-14-15/h2-6,9H,7-8H2,1H3. The van der Waals surface area contributed by atoms with Crippen molar-refractivity contribution in [2.24, 2.45) is 0 Å². The van der Waals surface area contributed by atoms with Crippen LogP contribution in [0, 0.1) is 6.92 Å². The summed E-state index contributed by atoms with van der Waals surface area (Å²) in [5, 5.41) is 4.79. The van der Waals surface area contributed by atoms with Crippen LogP contribution >= 0.6 is 11.6 Å². The Morgan fingerprint density at radius 2 is 2.31 bits per heavy atom. The minimum atomic E-state index is 0.586. The van der Waals surface area contributed by atoms with Crippen LogP contribution in [-0.2, 0) is 6.54 Å². The van der Waals surface area contributed by atoms with Crippen LogP contribution in [-0.4, -0.2) is 16.4 Å². The summed E-state index contributed by atoms with van der Waals surface area (Å²) in [6, 6.07) is 7.54. The van der Waals surface area contributed by atoms with E-state index in [1.54, 1.807) is 6.20 Å². The summed E-state index contributed by atoms with van der Waals surface area (Å²) >= 11 is 5.90. The van der Waals surface area contributed by atoms with Gasteiger partial charge in [0.1, 0.15) is 12.4 Å². The highest BCUT2D eigenvalue weighted by molar-refractivity contribution is 6.30. The summed E-state index contributed by atoms with van der Waals surface area (Å²) in [5.74, 6) is 0.833. The predicted octanol–water partition coefficient (Wildman–Crippen LogP) is 2.92. The lowest BCUT2D eigenvalue weighted by molar-refractivity contribution is 0.289. The summed E-state index contributed by atoms with van der Waals surface area (Å²) < 4.78 is 7.48. The van der Waals surface area contributed by atoms with E-state index in [-0.39, 0.29) is 0 Å². The Labute approximate surface area is 99.6 Å². The zero-order chi connectivity index (χ0) is 11.4. The van der Waals surface area contributed by atoms with Crippen molar-refractivity contribution in [2.45, 2.75) is 13.5 Å². The van der Waals surface area contributed by atoms with E-state index in [4.69, 9.17) is 16.3 Å². The summed E-state index contributed by atoms with van der Waals surface area (Å²) in [6.07, 6.45) is 3.67. The van der Waals surface area contributed by atoms with E-state index >= 15 is 0 Å². The van der Waals surface area contributed by atoms with Crippen molar-refractivity contribution in [3.05, 3.63) is 47.2 Å². The average Bonchev–Trinajstić information content (AvgIpc) is 2.76. The molecule has 0 saturated carbocycles. The van der Waals surface area contributed by atoms with Crippen molar-refractivity contribution in [1.29, 1.82) is 0 Å². The summed E-state index contributed by atoms with van der Waals surface area (Å²) in [6.45, 7) is 3.32. The third-order valence-electron chi connectivity index (χ3n) is 2.29. The van der Waals surface area contributed by atoms with E-state index in [0.29, 0.717) is 11.6 Å². The summed E-state index contributed by atoms with van der Waals surface area (Å²) in [5.41, 5.74) is 1.09. The van der Waals surface area contributed by atoms with Gasteiger partial charge in [0.05, 0.1) is 6.54 Å². The maximum Gasteiger partial charge on any atom is 0.123 e. The molecule has 0 unspecified atom stereocenters. The Morgan fingerprint density at radius 1 is 1.44 bits per heavy atom. The number of hydrogen-bond acceptors (Lipinski definition) is 2. The normalized spacial score (nSPS) is 10.4. The molecule has 1 heterocycles. The average molecular weight is 237 g/mol. The molecule has 0 bridgehead atoms. The van der Waals surface area contributed by atoms with Crippen LogP contribution in [0.15, 0.2) is 36.7 Å². The lowest BCUT2D eigenvalue weighted by Crippen LogP contribution is -2.08. The minimum Gasteiger partial charge on any atom is -0.491 e. The molecule has 0 N–H and O–H groups in total. The van der Waals surface area contributed by atoms with Crippen LogP contribution in [0.5, 0.6) is 5.75 Å². The van der Waals surface area contributed by atoms with Gasteiger partial charge >= 0.3 is 0 Å². The minimum absolute atomic E-state index is 0.586. The molecule has 0 spiro atoms. The Morgan fingerprint density at radius 3 is 3.06 bits per heavy atom. The fourth-order valence-corrected chi connectivity index (χ4v) is 1.57. The number of rotatable bonds is 4. The van der Waals surface area contributed by atoms with E-state index in [9.17, 15) is 0 Å². The molecular weight excluding hydrogens is 224 g/mol. The van der Waals surface area contributed by atoms with Crippen molar-refractivity contribution >= 4 is 11.6 Å². The van der Waals surface area contributed by atoms with Crippen molar-refractivity contribution in [1.82, 2.24) is 9.78 Å². The maximum atomic E-state index is 5.90. The smallest absolute Gasteiger partial charge is 0.123 e. The molecule has 84 valence electrons. The van der Waals surface area contributed by atoms with Gasteiger partial charge in [-0.25, -0.2) is 0 Å². The highest BCUT2D eigenvalue weighted by atomic mass is 35.5. The molecule has 1 aromatic carbocycles. The van der Waals surface area contributed by atoms with Crippen molar-refractivity contribution in [2.75, 3.05) is 6.61 Å². The molecule has 0 fully saturated rings. The zero-order valence-electron chi connectivity index (χ0n) is 9.06. The van der Waals surface area contributed by atoms with E-state index in [2.05, 4.69) is 5.10 Å². The SMILES string of the molecule is Cc1ccc(Cl)cc1OCCn1cccn1. The van der Waals surface area contributed by atoms with Crippen LogP contribution in [0.1, 0.15) is 5.56 Å². The van der Waals surface area contributed by atoms with Crippen LogP contribution in [0.2, 0.25) is 5.02 Å². The molecule has 0 aliphatic carbocycles. The third-order valence-corrected chi connectivity index (χ3v) is 2.52. The third kappa shape index (κ3) is 2.76. The molecule has 0 aliphatic heterocycles. The molecule has 0 amide bonds. The first-order chi connectivity index (χ1) is 7.75. The van der Waals surface area contributed by atoms with E-state index < -0.39 is 0 Å². The van der Waals surface area contributed by atoms with Crippen molar-refractivity contribution < 1.29 is 4.74 Å². The highest BCUT2D eigenvalue weighted by Crippen LogP contribution is 2.22. The van der Waals surface area contributed by atoms with Gasteiger partial charge in [-0.1, -0.05) is 17.7 Å². The van der Waals surface area contributed by atoms with Gasteiger partial charge in [-0.3, -0.25) is 4.68 Å². The molecule has 0 atom stereocenters. The van der Waals surface area contributed by atoms with Gasteiger partial charge in [-0.15, -0.1) is 0 Å². The monoisotopic (exact) mass is 236 g/mol. The first-order valence-corrected chi connectivity index (χ1v) is 5.50. The van der Waals surface area contributed by atoms with E-state index in [1.165, 1.54) is 0 Å². The molecule has 0 aliphatic rings. The Balaban J connectivity index is 1.92. The molecule has 2 rings (SSSR count). The summed E-state index contributed by atoms with van der Waals surface area (Å²) in [7, 11) is 0. The first-order valence-electron chi connectivity index (χ1n) is 5.12. The predicted molar refractivity (Wildman–Crippen MR) is 63.9 cm³/mol. The largest absolute Gasteiger partial charge is 0.491 e. The molecule has 16 heavy (non-hydrogen) atoms. The molecule has 0 saturated heterocycles. The lowest BCUT2D eigenvalue weighted by Gasteiger charge is -2.09. The van der Waals surface area contributed by atoms with Gasteiger partial charge < -0.3 is 4.74 Å². The Hall–Kier alpha value is -1.48. The van der Waals surface area contributed by atoms with Crippen molar-refractivity contribution in [3.63, 3.8) is 0 Å². The number of nitrogens with zero attached hydrogens (tertiary/aromatic N) is 2. The Kier molecular flexibility index (Phi) is 3.47. The zero-order valence-corrected chi connectivity index (χ0v) is 9.81. The molecule has 3 nitrogen and oxygen atoms in total. The number of aromatic nitrogens is 2. The first kappa shape index (κ1) is 11.0. The summed E-state index contributed by atoms with van der Waals surface area (Å²) in [4.78, 5) is 0. The number of halogens is 1. The molecule has 4 heteroatoms. The fourth-order valence-electron chi connectivity index (χ4n) is 1.41. The molecule has 2 aromatic rings. The molecule has 1 aromatic heterocycles. The fraction of sp³-hybridized carbons (Fsp3) is 0.250. The van der Waals surface area contributed by atoms with Gasteiger partial charge in [0.15, 0.2) is 0 Å². The van der Waals surface area contributed by atoms with E-state index in [0.717, 1.165) is 17.9 Å². The van der Waals surface area contributed by atoms with Crippen LogP contribution < -0.4 is 4.74 Å². The van der Waals surface area contributed by atoms with E-state index in [1.807, 2.05) is 42.1 Å². The Bertz CT molecular complexity index is 454. The van der Waals surface area contributed by atoms with Crippen LogP contribution in [0.3, 0.4) is 0 Å². The maximum absolute atomic E-state index is 5.90.